The number of aromatic nitrogens is 1. The molecule has 2 saturated heterocycles. The van der Waals surface area contributed by atoms with E-state index in [0.717, 1.165) is 32.4 Å². The molecular formula is C18H27N3O2. The van der Waals surface area contributed by atoms with Crippen LogP contribution in [-0.2, 0) is 0 Å². The second-order valence-electron chi connectivity index (χ2n) is 6.95. The minimum Gasteiger partial charge on any atom is -0.366 e. The van der Waals surface area contributed by atoms with Crippen molar-refractivity contribution in [2.75, 3.05) is 26.2 Å². The van der Waals surface area contributed by atoms with Crippen molar-refractivity contribution in [1.82, 2.24) is 14.8 Å². The lowest BCUT2D eigenvalue weighted by Crippen LogP contribution is -2.55. The Morgan fingerprint density at radius 3 is 2.43 bits per heavy atom. The van der Waals surface area contributed by atoms with Gasteiger partial charge in [-0.1, -0.05) is 6.92 Å². The Labute approximate surface area is 137 Å². The molecule has 2 fully saturated rings. The number of rotatable bonds is 3. The van der Waals surface area contributed by atoms with E-state index >= 15 is 0 Å². The van der Waals surface area contributed by atoms with Crippen molar-refractivity contribution >= 4 is 5.91 Å². The first-order chi connectivity index (χ1) is 11.1. The Hall–Kier alpha value is -1.62. The van der Waals surface area contributed by atoms with Gasteiger partial charge in [-0.05, 0) is 52.1 Å². The van der Waals surface area contributed by atoms with Crippen LogP contribution in [0.2, 0.25) is 0 Å². The third-order valence-corrected chi connectivity index (χ3v) is 5.78. The molecule has 0 aliphatic carbocycles. The molecule has 5 heteroatoms. The van der Waals surface area contributed by atoms with E-state index in [2.05, 4.69) is 16.8 Å². The number of piperidine rings is 1. The van der Waals surface area contributed by atoms with Crippen LogP contribution in [0, 0.1) is 6.92 Å². The van der Waals surface area contributed by atoms with Gasteiger partial charge in [0.05, 0.1) is 0 Å². The van der Waals surface area contributed by atoms with E-state index < -0.39 is 0 Å². The summed E-state index contributed by atoms with van der Waals surface area (Å²) in [5, 5.41) is 0. The van der Waals surface area contributed by atoms with Gasteiger partial charge < -0.3 is 9.88 Å². The minimum absolute atomic E-state index is 0.124. The van der Waals surface area contributed by atoms with Crippen LogP contribution in [0.15, 0.2) is 17.2 Å². The highest BCUT2D eigenvalue weighted by molar-refractivity contribution is 5.94. The SMILES string of the molecule is CCC1(N2CCCC2)CCN(C(=O)c2c[nH]cc(C)c2=O)CC1. The standard InChI is InChI=1S/C18H27N3O2/c1-3-18(21-8-4-5-9-21)6-10-20(11-7-18)17(23)15-13-19-12-14(2)16(15)22/h12-13H,3-11H2,1-2H3,(H,19,22). The number of nitrogens with zero attached hydrogens (tertiary/aromatic N) is 2. The maximum absolute atomic E-state index is 12.7. The number of aromatic amines is 1. The summed E-state index contributed by atoms with van der Waals surface area (Å²) in [4.78, 5) is 32.3. The quantitative estimate of drug-likeness (QED) is 0.929. The van der Waals surface area contributed by atoms with Gasteiger partial charge in [-0.2, -0.15) is 0 Å². The van der Waals surface area contributed by atoms with Gasteiger partial charge in [0, 0.05) is 36.6 Å². The lowest BCUT2D eigenvalue weighted by molar-refractivity contribution is 0.0294. The van der Waals surface area contributed by atoms with Crippen molar-refractivity contribution in [3.05, 3.63) is 33.7 Å². The molecule has 2 aliphatic heterocycles. The topological polar surface area (TPSA) is 56.4 Å². The van der Waals surface area contributed by atoms with Crippen LogP contribution in [0.1, 0.15) is 54.9 Å². The van der Waals surface area contributed by atoms with Gasteiger partial charge in [-0.25, -0.2) is 0 Å². The van der Waals surface area contributed by atoms with E-state index in [0.29, 0.717) is 5.56 Å². The van der Waals surface area contributed by atoms with Crippen molar-refractivity contribution in [3.8, 4) is 0 Å². The predicted octanol–water partition coefficient (Wildman–Crippen LogP) is 2.16. The van der Waals surface area contributed by atoms with Gasteiger partial charge in [0.15, 0.2) is 5.43 Å². The van der Waals surface area contributed by atoms with Gasteiger partial charge in [0.2, 0.25) is 0 Å². The van der Waals surface area contributed by atoms with Crippen LogP contribution in [0.3, 0.4) is 0 Å². The van der Waals surface area contributed by atoms with E-state index in [1.54, 1.807) is 19.3 Å². The Bertz CT molecular complexity index is 623. The highest BCUT2D eigenvalue weighted by atomic mass is 16.2. The Balaban J connectivity index is 1.72. The molecule has 0 spiro atoms. The fourth-order valence-corrected chi connectivity index (χ4v) is 4.13. The molecule has 0 bridgehead atoms. The number of likely N-dealkylation sites (tertiary alicyclic amines) is 2. The molecule has 3 rings (SSSR count). The average molecular weight is 317 g/mol. The number of carbonyl (C=O) groups is 1. The number of aryl methyl sites for hydroxylation is 1. The van der Waals surface area contributed by atoms with Crippen LogP contribution in [0.5, 0.6) is 0 Å². The first kappa shape index (κ1) is 16.2. The molecule has 3 heterocycles. The fourth-order valence-electron chi connectivity index (χ4n) is 4.13. The Morgan fingerprint density at radius 1 is 1.17 bits per heavy atom. The van der Waals surface area contributed by atoms with Gasteiger partial charge in [-0.15, -0.1) is 0 Å². The van der Waals surface area contributed by atoms with Crippen molar-refractivity contribution in [2.45, 2.75) is 51.5 Å². The number of hydrogen-bond donors (Lipinski definition) is 1. The lowest BCUT2D eigenvalue weighted by atomic mass is 9.83. The smallest absolute Gasteiger partial charge is 0.259 e. The number of hydrogen-bond acceptors (Lipinski definition) is 3. The van der Waals surface area contributed by atoms with E-state index in [4.69, 9.17) is 0 Å². The van der Waals surface area contributed by atoms with Crippen molar-refractivity contribution in [3.63, 3.8) is 0 Å². The summed E-state index contributed by atoms with van der Waals surface area (Å²) < 4.78 is 0. The highest BCUT2D eigenvalue weighted by Gasteiger charge is 2.40. The first-order valence-electron chi connectivity index (χ1n) is 8.79. The minimum atomic E-state index is -0.152. The zero-order chi connectivity index (χ0) is 16.4. The second-order valence-corrected chi connectivity index (χ2v) is 6.95. The average Bonchev–Trinajstić information content (AvgIpc) is 3.12. The van der Waals surface area contributed by atoms with E-state index in [1.165, 1.54) is 25.9 Å². The Morgan fingerprint density at radius 2 is 1.83 bits per heavy atom. The summed E-state index contributed by atoms with van der Waals surface area (Å²) in [5.41, 5.74) is 0.968. The van der Waals surface area contributed by atoms with Crippen LogP contribution in [0.4, 0.5) is 0 Å². The van der Waals surface area contributed by atoms with Crippen LogP contribution in [0.25, 0.3) is 0 Å². The molecule has 5 nitrogen and oxygen atoms in total. The number of amides is 1. The molecule has 1 amide bonds. The van der Waals surface area contributed by atoms with Crippen LogP contribution in [-0.4, -0.2) is 52.4 Å². The molecule has 0 unspecified atom stereocenters. The van der Waals surface area contributed by atoms with E-state index in [-0.39, 0.29) is 22.4 Å². The molecule has 2 aliphatic rings. The normalized spacial score (nSPS) is 21.6. The van der Waals surface area contributed by atoms with Crippen molar-refractivity contribution in [1.29, 1.82) is 0 Å². The summed E-state index contributed by atoms with van der Waals surface area (Å²) in [6.07, 6.45) is 8.94. The third kappa shape index (κ3) is 2.94. The summed E-state index contributed by atoms with van der Waals surface area (Å²) >= 11 is 0. The number of carbonyl (C=O) groups excluding carboxylic acids is 1. The molecule has 0 aromatic carbocycles. The first-order valence-corrected chi connectivity index (χ1v) is 8.79. The van der Waals surface area contributed by atoms with Gasteiger partial charge in [0.1, 0.15) is 5.56 Å². The summed E-state index contributed by atoms with van der Waals surface area (Å²) in [6.45, 7) is 7.88. The van der Waals surface area contributed by atoms with Crippen molar-refractivity contribution < 1.29 is 4.79 Å². The third-order valence-electron chi connectivity index (χ3n) is 5.78. The number of H-pyrrole nitrogens is 1. The molecule has 0 radical (unpaired) electrons. The molecule has 0 saturated carbocycles. The zero-order valence-electron chi connectivity index (χ0n) is 14.2. The van der Waals surface area contributed by atoms with E-state index in [1.807, 2.05) is 4.90 Å². The summed E-state index contributed by atoms with van der Waals surface area (Å²) in [6, 6.07) is 0. The number of nitrogens with one attached hydrogen (secondary N) is 1. The maximum atomic E-state index is 12.7. The highest BCUT2D eigenvalue weighted by Crippen LogP contribution is 2.34. The molecule has 126 valence electrons. The summed E-state index contributed by atoms with van der Waals surface area (Å²) in [7, 11) is 0. The maximum Gasteiger partial charge on any atom is 0.259 e. The number of pyridine rings is 1. The van der Waals surface area contributed by atoms with Crippen LogP contribution < -0.4 is 5.43 Å². The van der Waals surface area contributed by atoms with E-state index in [9.17, 15) is 9.59 Å². The predicted molar refractivity (Wildman–Crippen MR) is 90.8 cm³/mol. The van der Waals surface area contributed by atoms with Crippen LogP contribution >= 0.6 is 0 Å². The lowest BCUT2D eigenvalue weighted by Gasteiger charge is -2.47. The largest absolute Gasteiger partial charge is 0.366 e. The van der Waals surface area contributed by atoms with Gasteiger partial charge in [-0.3, -0.25) is 14.5 Å². The zero-order valence-corrected chi connectivity index (χ0v) is 14.2. The molecule has 1 aromatic rings. The Kier molecular flexibility index (Phi) is 4.57. The monoisotopic (exact) mass is 317 g/mol. The molecule has 1 aromatic heterocycles. The molecule has 23 heavy (non-hydrogen) atoms. The molecular weight excluding hydrogens is 290 g/mol. The van der Waals surface area contributed by atoms with Gasteiger partial charge in [0.25, 0.3) is 5.91 Å². The van der Waals surface area contributed by atoms with Crippen molar-refractivity contribution in [2.24, 2.45) is 0 Å². The molecule has 1 N–H and O–H groups in total. The molecule has 0 atom stereocenters. The van der Waals surface area contributed by atoms with Gasteiger partial charge >= 0.3 is 0 Å². The second kappa shape index (κ2) is 6.48. The summed E-state index contributed by atoms with van der Waals surface area (Å²) in [5.74, 6) is -0.124. The fraction of sp³-hybridized carbons (Fsp3) is 0.667.